The van der Waals surface area contributed by atoms with Gasteiger partial charge in [-0.3, -0.25) is 0 Å². The van der Waals surface area contributed by atoms with E-state index >= 15 is 0 Å². The molecule has 0 radical (unpaired) electrons. The van der Waals surface area contributed by atoms with Crippen molar-refractivity contribution < 1.29 is 9.90 Å². The van der Waals surface area contributed by atoms with Gasteiger partial charge < -0.3 is 10.0 Å². The van der Waals surface area contributed by atoms with Crippen molar-refractivity contribution in [2.45, 2.75) is 19.8 Å². The van der Waals surface area contributed by atoms with Gasteiger partial charge in [0.05, 0.1) is 16.3 Å². The van der Waals surface area contributed by atoms with Gasteiger partial charge in [0.1, 0.15) is 0 Å². The Morgan fingerprint density at radius 1 is 1.53 bits per heavy atom. The third kappa shape index (κ3) is 2.55. The Morgan fingerprint density at radius 2 is 2.29 bits per heavy atom. The Morgan fingerprint density at radius 3 is 2.94 bits per heavy atom. The van der Waals surface area contributed by atoms with Gasteiger partial charge >= 0.3 is 5.97 Å². The smallest absolute Gasteiger partial charge is 0.337 e. The van der Waals surface area contributed by atoms with E-state index in [9.17, 15) is 9.90 Å². The SMILES string of the molecule is CC1CCCN(c2c(Cl)cccc2C(=O)O)C1. The van der Waals surface area contributed by atoms with Gasteiger partial charge in [-0.2, -0.15) is 0 Å². The molecule has 1 aliphatic heterocycles. The van der Waals surface area contributed by atoms with E-state index in [4.69, 9.17) is 11.6 Å². The number of hydrogen-bond donors (Lipinski definition) is 1. The molecule has 1 aromatic rings. The number of para-hydroxylation sites is 1. The minimum atomic E-state index is -0.916. The fourth-order valence-corrected chi connectivity index (χ4v) is 2.70. The van der Waals surface area contributed by atoms with Gasteiger partial charge in [0, 0.05) is 13.1 Å². The summed E-state index contributed by atoms with van der Waals surface area (Å²) in [6, 6.07) is 5.05. The van der Waals surface area contributed by atoms with Crippen LogP contribution in [0.15, 0.2) is 18.2 Å². The standard InChI is InChI=1S/C13H16ClNO2/c1-9-4-3-7-15(8-9)12-10(13(16)17)5-2-6-11(12)14/h2,5-6,9H,3-4,7-8H2,1H3,(H,16,17). The summed E-state index contributed by atoms with van der Waals surface area (Å²) in [6.45, 7) is 3.95. The summed E-state index contributed by atoms with van der Waals surface area (Å²) in [5.74, 6) is -0.331. The molecule has 1 fully saturated rings. The van der Waals surface area contributed by atoms with Gasteiger partial charge in [-0.1, -0.05) is 24.6 Å². The second-order valence-electron chi connectivity index (χ2n) is 4.63. The highest BCUT2D eigenvalue weighted by molar-refractivity contribution is 6.34. The number of piperidine rings is 1. The van der Waals surface area contributed by atoms with Crippen LogP contribution in [0.1, 0.15) is 30.1 Å². The van der Waals surface area contributed by atoms with Crippen LogP contribution in [-0.2, 0) is 0 Å². The Labute approximate surface area is 106 Å². The van der Waals surface area contributed by atoms with Crippen LogP contribution >= 0.6 is 11.6 Å². The molecule has 0 bridgehead atoms. The first-order chi connectivity index (χ1) is 8.09. The van der Waals surface area contributed by atoms with Crippen LogP contribution in [0.5, 0.6) is 0 Å². The fraction of sp³-hybridized carbons (Fsp3) is 0.462. The zero-order valence-corrected chi connectivity index (χ0v) is 10.6. The number of carbonyl (C=O) groups is 1. The number of aromatic carboxylic acids is 1. The van der Waals surface area contributed by atoms with Crippen molar-refractivity contribution >= 4 is 23.3 Å². The topological polar surface area (TPSA) is 40.5 Å². The average molecular weight is 254 g/mol. The number of nitrogens with zero attached hydrogens (tertiary/aromatic N) is 1. The molecular weight excluding hydrogens is 238 g/mol. The van der Waals surface area contributed by atoms with Gasteiger partial charge in [-0.05, 0) is 30.9 Å². The third-order valence-electron chi connectivity index (χ3n) is 3.19. The van der Waals surface area contributed by atoms with Gasteiger partial charge in [0.2, 0.25) is 0 Å². The summed E-state index contributed by atoms with van der Waals surface area (Å²) in [7, 11) is 0. The number of anilines is 1. The summed E-state index contributed by atoms with van der Waals surface area (Å²) in [5, 5.41) is 9.73. The summed E-state index contributed by atoms with van der Waals surface area (Å²) >= 11 is 6.15. The predicted octanol–water partition coefficient (Wildman–Crippen LogP) is 3.27. The third-order valence-corrected chi connectivity index (χ3v) is 3.50. The van der Waals surface area contributed by atoms with Gasteiger partial charge in [0.15, 0.2) is 0 Å². The van der Waals surface area contributed by atoms with E-state index in [0.717, 1.165) is 19.5 Å². The Balaban J connectivity index is 2.39. The van der Waals surface area contributed by atoms with Crippen LogP contribution in [0.3, 0.4) is 0 Å². The summed E-state index contributed by atoms with van der Waals surface area (Å²) in [5.41, 5.74) is 0.972. The number of hydrogen-bond acceptors (Lipinski definition) is 2. The van der Waals surface area contributed by atoms with E-state index in [0.29, 0.717) is 22.2 Å². The molecule has 1 heterocycles. The summed E-state index contributed by atoms with van der Waals surface area (Å²) < 4.78 is 0. The molecule has 2 rings (SSSR count). The van der Waals surface area contributed by atoms with Crippen LogP contribution < -0.4 is 4.90 Å². The first-order valence-electron chi connectivity index (χ1n) is 5.86. The van der Waals surface area contributed by atoms with Gasteiger partial charge in [-0.15, -0.1) is 0 Å². The van der Waals surface area contributed by atoms with Crippen LogP contribution in [-0.4, -0.2) is 24.2 Å². The first-order valence-corrected chi connectivity index (χ1v) is 6.24. The van der Waals surface area contributed by atoms with E-state index in [1.807, 2.05) is 0 Å². The maximum absolute atomic E-state index is 11.2. The molecule has 0 aliphatic carbocycles. The molecule has 92 valence electrons. The molecule has 1 unspecified atom stereocenters. The predicted molar refractivity (Wildman–Crippen MR) is 69.0 cm³/mol. The van der Waals surface area contributed by atoms with E-state index in [1.54, 1.807) is 18.2 Å². The monoisotopic (exact) mass is 253 g/mol. The zero-order valence-electron chi connectivity index (χ0n) is 9.82. The maximum Gasteiger partial charge on any atom is 0.337 e. The molecule has 0 spiro atoms. The van der Waals surface area contributed by atoms with Gasteiger partial charge in [-0.25, -0.2) is 4.79 Å². The van der Waals surface area contributed by atoms with Crippen molar-refractivity contribution in [1.29, 1.82) is 0 Å². The molecule has 1 saturated heterocycles. The number of halogens is 1. The highest BCUT2D eigenvalue weighted by atomic mass is 35.5. The Bertz CT molecular complexity index is 433. The second kappa shape index (κ2) is 4.96. The molecule has 1 aromatic carbocycles. The van der Waals surface area contributed by atoms with Crippen LogP contribution in [0.4, 0.5) is 5.69 Å². The lowest BCUT2D eigenvalue weighted by Gasteiger charge is -2.34. The minimum absolute atomic E-state index is 0.298. The largest absolute Gasteiger partial charge is 0.478 e. The minimum Gasteiger partial charge on any atom is -0.478 e. The van der Waals surface area contributed by atoms with E-state index in [2.05, 4.69) is 11.8 Å². The number of carboxylic acid groups (broad SMARTS) is 1. The molecular formula is C13H16ClNO2. The van der Waals surface area contributed by atoms with Crippen molar-refractivity contribution in [2.75, 3.05) is 18.0 Å². The number of benzene rings is 1. The lowest BCUT2D eigenvalue weighted by molar-refractivity contribution is 0.0697. The Kier molecular flexibility index (Phi) is 3.57. The molecule has 1 N–H and O–H groups in total. The normalized spacial score (nSPS) is 20.4. The van der Waals surface area contributed by atoms with Crippen molar-refractivity contribution in [3.8, 4) is 0 Å². The molecule has 0 aromatic heterocycles. The van der Waals surface area contributed by atoms with Crippen molar-refractivity contribution in [2.24, 2.45) is 5.92 Å². The van der Waals surface area contributed by atoms with Crippen molar-refractivity contribution in [1.82, 2.24) is 0 Å². The second-order valence-corrected chi connectivity index (χ2v) is 5.04. The van der Waals surface area contributed by atoms with Crippen molar-refractivity contribution in [3.05, 3.63) is 28.8 Å². The first kappa shape index (κ1) is 12.2. The highest BCUT2D eigenvalue weighted by Gasteiger charge is 2.23. The summed E-state index contributed by atoms with van der Waals surface area (Å²) in [6.07, 6.45) is 2.29. The molecule has 0 saturated carbocycles. The molecule has 0 amide bonds. The Hall–Kier alpha value is -1.22. The van der Waals surface area contributed by atoms with Crippen LogP contribution in [0.2, 0.25) is 5.02 Å². The highest BCUT2D eigenvalue weighted by Crippen LogP contribution is 2.33. The zero-order chi connectivity index (χ0) is 12.4. The van der Waals surface area contributed by atoms with Crippen molar-refractivity contribution in [3.63, 3.8) is 0 Å². The molecule has 1 atom stereocenters. The number of carboxylic acids is 1. The summed E-state index contributed by atoms with van der Waals surface area (Å²) in [4.78, 5) is 13.3. The van der Waals surface area contributed by atoms with E-state index < -0.39 is 5.97 Å². The maximum atomic E-state index is 11.2. The lowest BCUT2D eigenvalue weighted by Crippen LogP contribution is -2.35. The quantitative estimate of drug-likeness (QED) is 0.879. The van der Waals surface area contributed by atoms with E-state index in [-0.39, 0.29) is 0 Å². The molecule has 3 nitrogen and oxygen atoms in total. The van der Waals surface area contributed by atoms with Crippen LogP contribution in [0, 0.1) is 5.92 Å². The van der Waals surface area contributed by atoms with Crippen LogP contribution in [0.25, 0.3) is 0 Å². The molecule has 17 heavy (non-hydrogen) atoms. The number of rotatable bonds is 2. The molecule has 1 aliphatic rings. The molecule has 4 heteroatoms. The fourth-order valence-electron chi connectivity index (χ4n) is 2.40. The van der Waals surface area contributed by atoms with E-state index in [1.165, 1.54) is 6.42 Å². The van der Waals surface area contributed by atoms with Gasteiger partial charge in [0.25, 0.3) is 0 Å². The lowest BCUT2D eigenvalue weighted by atomic mass is 9.99. The average Bonchev–Trinajstić information content (AvgIpc) is 2.28.